The van der Waals surface area contributed by atoms with Crippen LogP contribution in [-0.4, -0.2) is 35.4 Å². The molecule has 1 saturated heterocycles. The third-order valence-corrected chi connectivity index (χ3v) is 7.91. The van der Waals surface area contributed by atoms with E-state index in [1.807, 2.05) is 12.1 Å². The predicted molar refractivity (Wildman–Crippen MR) is 123 cm³/mol. The second-order valence-corrected chi connectivity index (χ2v) is 10.9. The Hall–Kier alpha value is -2.22. The van der Waals surface area contributed by atoms with Crippen LogP contribution in [0.15, 0.2) is 58.5 Å². The first-order valence-electron chi connectivity index (χ1n) is 10.5. The average Bonchev–Trinajstić information content (AvgIpc) is 2.74. The monoisotopic (exact) mass is 459 g/mol. The van der Waals surface area contributed by atoms with Crippen molar-refractivity contribution in [2.45, 2.75) is 44.0 Å². The van der Waals surface area contributed by atoms with Crippen molar-refractivity contribution < 1.29 is 8.42 Å². The number of hydrogen-bond acceptors (Lipinski definition) is 4. The molecule has 3 aromatic rings. The summed E-state index contributed by atoms with van der Waals surface area (Å²) in [6, 6.07) is 12.1. The van der Waals surface area contributed by atoms with Crippen molar-refractivity contribution in [3.63, 3.8) is 0 Å². The fourth-order valence-corrected chi connectivity index (χ4v) is 5.79. The lowest BCUT2D eigenvalue weighted by molar-refractivity contribution is 0.269. The lowest BCUT2D eigenvalue weighted by Gasteiger charge is -2.32. The Bertz CT molecular complexity index is 1250. The van der Waals surface area contributed by atoms with E-state index >= 15 is 0 Å². The standard InChI is InChI=1S/C23H26ClN3O3S/c1-16(2)13-17-3-6-20(7-4-17)31(29,30)26-11-9-19(10-12-26)27-15-25-22-8-5-18(24)14-21(22)23(27)28/h3-8,14-16,19H,9-13H2,1-2H3. The Kier molecular flexibility index (Phi) is 6.19. The number of benzene rings is 2. The first-order chi connectivity index (χ1) is 14.8. The molecule has 0 spiro atoms. The van der Waals surface area contributed by atoms with Crippen molar-refractivity contribution in [2.75, 3.05) is 13.1 Å². The molecule has 0 aliphatic carbocycles. The second kappa shape index (κ2) is 8.73. The number of aromatic nitrogens is 2. The summed E-state index contributed by atoms with van der Waals surface area (Å²) in [6.07, 6.45) is 3.59. The van der Waals surface area contributed by atoms with Crippen LogP contribution in [0.1, 0.15) is 38.3 Å². The molecule has 4 rings (SSSR count). The number of sulfonamides is 1. The van der Waals surface area contributed by atoms with Crippen LogP contribution in [0.2, 0.25) is 5.02 Å². The molecular formula is C23H26ClN3O3S. The van der Waals surface area contributed by atoms with E-state index in [1.165, 1.54) is 4.31 Å². The van der Waals surface area contributed by atoms with Gasteiger partial charge in [-0.3, -0.25) is 9.36 Å². The minimum Gasteiger partial charge on any atom is -0.296 e. The van der Waals surface area contributed by atoms with E-state index in [0.29, 0.717) is 52.7 Å². The van der Waals surface area contributed by atoms with E-state index in [0.717, 1.165) is 12.0 Å². The van der Waals surface area contributed by atoms with E-state index in [2.05, 4.69) is 18.8 Å². The van der Waals surface area contributed by atoms with Crippen molar-refractivity contribution in [3.8, 4) is 0 Å². The molecule has 2 heterocycles. The van der Waals surface area contributed by atoms with Crippen molar-refractivity contribution in [2.24, 2.45) is 5.92 Å². The van der Waals surface area contributed by atoms with Gasteiger partial charge < -0.3 is 0 Å². The maximum Gasteiger partial charge on any atom is 0.261 e. The zero-order valence-electron chi connectivity index (χ0n) is 17.7. The number of nitrogens with zero attached hydrogens (tertiary/aromatic N) is 3. The Morgan fingerprint density at radius 1 is 1.10 bits per heavy atom. The first-order valence-corrected chi connectivity index (χ1v) is 12.3. The van der Waals surface area contributed by atoms with Crippen LogP contribution in [0.4, 0.5) is 0 Å². The molecule has 164 valence electrons. The second-order valence-electron chi connectivity index (χ2n) is 8.50. The van der Waals surface area contributed by atoms with Gasteiger partial charge in [0.1, 0.15) is 0 Å². The summed E-state index contributed by atoms with van der Waals surface area (Å²) in [7, 11) is -3.55. The topological polar surface area (TPSA) is 72.3 Å². The third-order valence-electron chi connectivity index (χ3n) is 5.77. The summed E-state index contributed by atoms with van der Waals surface area (Å²) in [5.74, 6) is 0.519. The van der Waals surface area contributed by atoms with Gasteiger partial charge in [0.25, 0.3) is 5.56 Å². The van der Waals surface area contributed by atoms with Gasteiger partial charge in [-0.25, -0.2) is 13.4 Å². The molecule has 0 radical (unpaired) electrons. The molecule has 31 heavy (non-hydrogen) atoms. The van der Waals surface area contributed by atoms with Crippen molar-refractivity contribution >= 4 is 32.5 Å². The molecule has 1 fully saturated rings. The maximum atomic E-state index is 13.1. The highest BCUT2D eigenvalue weighted by Crippen LogP contribution is 2.27. The zero-order valence-corrected chi connectivity index (χ0v) is 19.2. The fraction of sp³-hybridized carbons (Fsp3) is 0.391. The molecule has 1 aromatic heterocycles. The smallest absolute Gasteiger partial charge is 0.261 e. The average molecular weight is 460 g/mol. The summed E-state index contributed by atoms with van der Waals surface area (Å²) < 4.78 is 29.3. The van der Waals surface area contributed by atoms with Gasteiger partial charge in [0.15, 0.2) is 0 Å². The summed E-state index contributed by atoms with van der Waals surface area (Å²) in [5, 5.41) is 0.969. The van der Waals surface area contributed by atoms with Gasteiger partial charge in [-0.2, -0.15) is 4.31 Å². The number of fused-ring (bicyclic) bond motifs is 1. The molecule has 0 amide bonds. The van der Waals surface area contributed by atoms with Crippen LogP contribution < -0.4 is 5.56 Å². The lowest BCUT2D eigenvalue weighted by Crippen LogP contribution is -2.40. The molecular weight excluding hydrogens is 434 g/mol. The SMILES string of the molecule is CC(C)Cc1ccc(S(=O)(=O)N2CCC(n3cnc4ccc(Cl)cc4c3=O)CC2)cc1. The van der Waals surface area contributed by atoms with E-state index < -0.39 is 10.0 Å². The van der Waals surface area contributed by atoms with Gasteiger partial charge >= 0.3 is 0 Å². The molecule has 1 aliphatic heterocycles. The molecule has 0 N–H and O–H groups in total. The zero-order chi connectivity index (χ0) is 22.2. The number of hydrogen-bond donors (Lipinski definition) is 0. The Morgan fingerprint density at radius 2 is 1.77 bits per heavy atom. The number of halogens is 1. The third kappa shape index (κ3) is 4.54. The van der Waals surface area contributed by atoms with Crippen LogP contribution in [0.25, 0.3) is 10.9 Å². The number of piperidine rings is 1. The molecule has 0 saturated carbocycles. The van der Waals surface area contributed by atoms with E-state index in [4.69, 9.17) is 11.6 Å². The number of rotatable bonds is 5. The van der Waals surface area contributed by atoms with Crippen molar-refractivity contribution in [3.05, 3.63) is 69.7 Å². The normalized spacial score (nSPS) is 16.3. The van der Waals surface area contributed by atoms with Crippen molar-refractivity contribution in [1.82, 2.24) is 13.9 Å². The molecule has 6 nitrogen and oxygen atoms in total. The van der Waals surface area contributed by atoms with Crippen LogP contribution in [0.5, 0.6) is 0 Å². The maximum absolute atomic E-state index is 13.1. The first kappa shape index (κ1) is 22.0. The summed E-state index contributed by atoms with van der Waals surface area (Å²) in [6.45, 7) is 5.00. The van der Waals surface area contributed by atoms with Crippen LogP contribution >= 0.6 is 11.6 Å². The summed E-state index contributed by atoms with van der Waals surface area (Å²) in [4.78, 5) is 17.6. The Morgan fingerprint density at radius 3 is 2.42 bits per heavy atom. The van der Waals surface area contributed by atoms with Gasteiger partial charge in [0, 0.05) is 24.2 Å². The lowest BCUT2D eigenvalue weighted by atomic mass is 10.0. The van der Waals surface area contributed by atoms with Gasteiger partial charge in [0.05, 0.1) is 22.1 Å². The predicted octanol–water partition coefficient (Wildman–Crippen LogP) is 4.27. The highest BCUT2D eigenvalue weighted by atomic mass is 35.5. The molecule has 8 heteroatoms. The van der Waals surface area contributed by atoms with Crippen molar-refractivity contribution in [1.29, 1.82) is 0 Å². The van der Waals surface area contributed by atoms with Gasteiger partial charge in [0.2, 0.25) is 10.0 Å². The molecule has 0 atom stereocenters. The Balaban J connectivity index is 1.50. The largest absolute Gasteiger partial charge is 0.296 e. The minimum absolute atomic E-state index is 0.0942. The summed E-state index contributed by atoms with van der Waals surface area (Å²) >= 11 is 6.04. The van der Waals surface area contributed by atoms with Gasteiger partial charge in [-0.1, -0.05) is 37.6 Å². The molecule has 2 aromatic carbocycles. The highest BCUT2D eigenvalue weighted by molar-refractivity contribution is 7.89. The van der Waals surface area contributed by atoms with Gasteiger partial charge in [-0.05, 0) is 61.1 Å². The van der Waals surface area contributed by atoms with E-state index in [-0.39, 0.29) is 11.6 Å². The van der Waals surface area contributed by atoms with E-state index in [1.54, 1.807) is 41.2 Å². The molecule has 1 aliphatic rings. The molecule has 0 bridgehead atoms. The van der Waals surface area contributed by atoms with Crippen LogP contribution in [-0.2, 0) is 16.4 Å². The van der Waals surface area contributed by atoms with Crippen LogP contribution in [0, 0.1) is 5.92 Å². The Labute approximate surface area is 187 Å². The quantitative estimate of drug-likeness (QED) is 0.571. The molecule has 0 unspecified atom stereocenters. The minimum atomic E-state index is -3.55. The summed E-state index contributed by atoms with van der Waals surface area (Å²) in [5.41, 5.74) is 1.59. The van der Waals surface area contributed by atoms with Crippen LogP contribution in [0.3, 0.4) is 0 Å². The highest BCUT2D eigenvalue weighted by Gasteiger charge is 2.30. The van der Waals surface area contributed by atoms with Gasteiger partial charge in [-0.15, -0.1) is 0 Å². The van der Waals surface area contributed by atoms with E-state index in [9.17, 15) is 13.2 Å². The fourth-order valence-electron chi connectivity index (χ4n) is 4.15.